The minimum absolute atomic E-state index is 0.482. The van der Waals surface area contributed by atoms with Crippen molar-refractivity contribution in [2.24, 2.45) is 58.2 Å². The smallest absolute Gasteiger partial charge is 0.00851 e. The number of unbranched alkanes of at least 4 members (excludes halogenated alkanes) is 31. The van der Waals surface area contributed by atoms with Crippen LogP contribution in [0.25, 0.3) is 0 Å². The van der Waals surface area contributed by atoms with Crippen LogP contribution in [0.5, 0.6) is 0 Å². The molecule has 0 aromatic rings. The maximum absolute atomic E-state index is 2.95. The highest BCUT2D eigenvalue weighted by Crippen LogP contribution is 2.68. The van der Waals surface area contributed by atoms with E-state index in [2.05, 4.69) is 67.4 Å². The molecule has 0 aliphatic heterocycles. The highest BCUT2D eigenvalue weighted by molar-refractivity contribution is 5.26. The van der Waals surface area contributed by atoms with E-state index in [1.807, 2.05) is 5.57 Å². The molecule has 0 heteroatoms. The van der Waals surface area contributed by atoms with Gasteiger partial charge in [-0.15, -0.1) is 0 Å². The van der Waals surface area contributed by atoms with Gasteiger partial charge in [0.2, 0.25) is 0 Å². The summed E-state index contributed by atoms with van der Waals surface area (Å²) in [5.74, 6) is 9.54. The lowest BCUT2D eigenvalue weighted by Gasteiger charge is -2.59. The average molecular weight is 959 g/mol. The predicted octanol–water partition coefficient (Wildman–Crippen LogP) is 24.3. The van der Waals surface area contributed by atoms with Gasteiger partial charge < -0.3 is 0 Å². The van der Waals surface area contributed by atoms with Crippen LogP contribution in [0.15, 0.2) is 11.6 Å². The van der Waals surface area contributed by atoms with Gasteiger partial charge in [-0.05, 0) is 135 Å². The lowest BCUT2D eigenvalue weighted by molar-refractivity contribution is -0.0544. The maximum Gasteiger partial charge on any atom is -0.00851 e. The summed E-state index contributed by atoms with van der Waals surface area (Å²) < 4.78 is 0. The molecule has 0 amide bonds. The van der Waals surface area contributed by atoms with E-state index in [-0.39, 0.29) is 0 Å². The van der Waals surface area contributed by atoms with Gasteiger partial charge >= 0.3 is 0 Å². The van der Waals surface area contributed by atoms with Crippen molar-refractivity contribution in [2.75, 3.05) is 0 Å². The summed E-state index contributed by atoms with van der Waals surface area (Å²) >= 11 is 0. The normalized spacial score (nSPS) is 26.6. The number of fused-ring (bicyclic) bond motifs is 5. The second-order valence-corrected chi connectivity index (χ2v) is 26.8. The lowest BCUT2D eigenvalue weighted by atomic mass is 9.46. The fourth-order valence-electron chi connectivity index (χ4n) is 16.6. The van der Waals surface area contributed by atoms with Crippen molar-refractivity contribution >= 4 is 0 Å². The molecule has 0 heterocycles. The Labute approximate surface area is 437 Å². The van der Waals surface area contributed by atoms with Crippen LogP contribution in [0.4, 0.5) is 0 Å². The SMILES string of the molecule is CCCCCCCCCCCCCCCCCCCCC([C](CCCCCCCC)CCCCCCCCCCCC)C1CC[C@@]2(C)C(=CCC3C2CC[C@@]2(C)C3CC[C@@H]2[C@H](C)CCCC(C)C)C1. The summed E-state index contributed by atoms with van der Waals surface area (Å²) in [6, 6.07) is 0. The van der Waals surface area contributed by atoms with Gasteiger partial charge in [-0.2, -0.15) is 0 Å². The van der Waals surface area contributed by atoms with Crippen molar-refractivity contribution in [1.29, 1.82) is 0 Å². The van der Waals surface area contributed by atoms with Crippen LogP contribution < -0.4 is 0 Å². The highest BCUT2D eigenvalue weighted by Gasteiger charge is 2.59. The molecule has 3 saturated carbocycles. The van der Waals surface area contributed by atoms with Crippen molar-refractivity contribution in [1.82, 2.24) is 0 Å². The van der Waals surface area contributed by atoms with Gasteiger partial charge in [0.15, 0.2) is 0 Å². The van der Waals surface area contributed by atoms with Gasteiger partial charge in [-0.25, -0.2) is 0 Å². The van der Waals surface area contributed by atoms with E-state index in [1.54, 1.807) is 0 Å². The molecule has 0 aromatic heterocycles. The Balaban J connectivity index is 1.33. The van der Waals surface area contributed by atoms with Crippen LogP contribution in [0.2, 0.25) is 0 Å². The monoisotopic (exact) mass is 958 g/mol. The molecule has 4 aliphatic rings. The second kappa shape index (κ2) is 36.6. The summed E-state index contributed by atoms with van der Waals surface area (Å²) in [4.78, 5) is 0. The third-order valence-corrected chi connectivity index (χ3v) is 21.0. The summed E-state index contributed by atoms with van der Waals surface area (Å²) in [7, 11) is 0. The number of hydrogen-bond donors (Lipinski definition) is 0. The topological polar surface area (TPSA) is 0 Å². The molecule has 4 rings (SSSR count). The first-order valence-corrected chi connectivity index (χ1v) is 33.2. The molecule has 0 spiro atoms. The molecule has 3 fully saturated rings. The van der Waals surface area contributed by atoms with Crippen LogP contribution in [-0.4, -0.2) is 0 Å². The molecule has 0 nitrogen and oxygen atoms in total. The Hall–Kier alpha value is -0.260. The second-order valence-electron chi connectivity index (χ2n) is 26.8. The average Bonchev–Trinajstić information content (AvgIpc) is 3.70. The van der Waals surface area contributed by atoms with Crippen molar-refractivity contribution in [2.45, 2.75) is 364 Å². The molecule has 0 aromatic carbocycles. The molecule has 4 aliphatic carbocycles. The molecule has 69 heavy (non-hydrogen) atoms. The summed E-state index contributed by atoms with van der Waals surface area (Å²) in [6.07, 6.45) is 73.7. The molecule has 1 radical (unpaired) electrons. The van der Waals surface area contributed by atoms with Gasteiger partial charge in [-0.3, -0.25) is 0 Å². The van der Waals surface area contributed by atoms with Gasteiger partial charge in [-0.1, -0.05) is 305 Å². The summed E-state index contributed by atoms with van der Waals surface area (Å²) in [5, 5.41) is 0. The molecule has 0 saturated heterocycles. The fourth-order valence-corrected chi connectivity index (χ4v) is 16.6. The molecule has 405 valence electrons. The number of allylic oxidation sites excluding steroid dienone is 2. The van der Waals surface area contributed by atoms with E-state index in [1.165, 1.54) is 308 Å². The van der Waals surface area contributed by atoms with Gasteiger partial charge in [0, 0.05) is 0 Å². The zero-order valence-corrected chi connectivity index (χ0v) is 49.1. The van der Waals surface area contributed by atoms with Crippen LogP contribution in [0.1, 0.15) is 364 Å². The minimum Gasteiger partial charge on any atom is -0.0845 e. The Kier molecular flexibility index (Phi) is 32.5. The Morgan fingerprint density at radius 1 is 0.464 bits per heavy atom. The number of hydrogen-bond acceptors (Lipinski definition) is 0. The first-order valence-electron chi connectivity index (χ1n) is 33.2. The minimum atomic E-state index is 0.482. The standard InChI is InChI=1S/C69H129/c1-9-12-15-18-21-23-25-26-27-28-29-30-31-32-34-36-39-42-48-63(60(46-40-37-20-17-14-11-3)47-41-38-35-33-24-22-19-16-13-10-2)61-53-55-68(7)62(57-61)49-50-64-66-52-51-65(59(6)45-43-44-58(4)5)69(66,8)56-54-67(64)68/h49,58-59,61,63-67H,9-48,50-57H2,1-8H3/t59-,61?,63?,64?,65-,66?,67?,68+,69-/m1/s1. The van der Waals surface area contributed by atoms with E-state index in [4.69, 9.17) is 0 Å². The summed E-state index contributed by atoms with van der Waals surface area (Å²) in [5.41, 5.74) is 3.06. The van der Waals surface area contributed by atoms with Crippen molar-refractivity contribution in [3.8, 4) is 0 Å². The lowest BCUT2D eigenvalue weighted by Crippen LogP contribution is -2.50. The quantitative estimate of drug-likeness (QED) is 0.0422. The molecular weight excluding hydrogens is 829 g/mol. The van der Waals surface area contributed by atoms with Crippen LogP contribution in [0, 0.1) is 64.1 Å². The molecular formula is C69H129. The van der Waals surface area contributed by atoms with Crippen LogP contribution in [0.3, 0.4) is 0 Å². The first-order chi connectivity index (χ1) is 33.7. The van der Waals surface area contributed by atoms with Gasteiger partial charge in [0.05, 0.1) is 0 Å². The van der Waals surface area contributed by atoms with E-state index in [0.29, 0.717) is 10.8 Å². The third kappa shape index (κ3) is 21.9. The summed E-state index contributed by atoms with van der Waals surface area (Å²) in [6.45, 7) is 20.2. The maximum atomic E-state index is 2.95. The molecule has 0 bridgehead atoms. The highest BCUT2D eigenvalue weighted by atomic mass is 14.6. The van der Waals surface area contributed by atoms with Crippen LogP contribution >= 0.6 is 0 Å². The predicted molar refractivity (Wildman–Crippen MR) is 311 cm³/mol. The van der Waals surface area contributed by atoms with Crippen molar-refractivity contribution < 1.29 is 0 Å². The third-order valence-electron chi connectivity index (χ3n) is 21.0. The van der Waals surface area contributed by atoms with Crippen molar-refractivity contribution in [3.05, 3.63) is 17.6 Å². The molecule has 5 unspecified atom stereocenters. The Morgan fingerprint density at radius 3 is 1.38 bits per heavy atom. The number of rotatable bonds is 44. The zero-order chi connectivity index (χ0) is 49.4. The van der Waals surface area contributed by atoms with Gasteiger partial charge in [0.1, 0.15) is 0 Å². The Bertz CT molecular complexity index is 1240. The molecule has 0 N–H and O–H groups in total. The van der Waals surface area contributed by atoms with E-state index in [0.717, 1.165) is 47.3 Å². The van der Waals surface area contributed by atoms with E-state index in [9.17, 15) is 0 Å². The van der Waals surface area contributed by atoms with E-state index < -0.39 is 0 Å². The van der Waals surface area contributed by atoms with E-state index >= 15 is 0 Å². The first kappa shape index (κ1) is 61.3. The van der Waals surface area contributed by atoms with Crippen molar-refractivity contribution in [3.63, 3.8) is 0 Å². The fraction of sp³-hybridized carbons (Fsp3) is 0.957. The van der Waals surface area contributed by atoms with Crippen LogP contribution in [-0.2, 0) is 0 Å². The molecule has 9 atom stereocenters. The zero-order valence-electron chi connectivity index (χ0n) is 49.1. The van der Waals surface area contributed by atoms with Gasteiger partial charge in [0.25, 0.3) is 0 Å². The Morgan fingerprint density at radius 2 is 0.913 bits per heavy atom. The largest absolute Gasteiger partial charge is 0.0845 e.